The van der Waals surface area contributed by atoms with E-state index in [0.717, 1.165) is 5.56 Å². The van der Waals surface area contributed by atoms with Crippen molar-refractivity contribution in [2.45, 2.75) is 13.1 Å². The lowest BCUT2D eigenvalue weighted by Gasteiger charge is -2.29. The van der Waals surface area contributed by atoms with Crippen molar-refractivity contribution in [2.75, 3.05) is 13.6 Å². The third-order valence-electron chi connectivity index (χ3n) is 5.19. The van der Waals surface area contributed by atoms with E-state index >= 15 is 0 Å². The standard InChI is InChI=1S/C20H19FN4O4/c1-22-18(27)13-10-23(2)19(28)14-15(13)25-8-7-24(20(29)16(25)17(14)26)9-11-3-5-12(21)6-4-11/h3-6,10,26H,7-9H2,1-2H3,(H,22,27). The molecule has 0 radical (unpaired) electrons. The Labute approximate surface area is 164 Å². The molecule has 0 spiro atoms. The molecule has 29 heavy (non-hydrogen) atoms. The summed E-state index contributed by atoms with van der Waals surface area (Å²) in [6.07, 6.45) is 1.39. The molecule has 0 atom stereocenters. The Morgan fingerprint density at radius 2 is 1.90 bits per heavy atom. The Morgan fingerprint density at radius 3 is 2.55 bits per heavy atom. The monoisotopic (exact) mass is 398 g/mol. The van der Waals surface area contributed by atoms with Crippen LogP contribution in [-0.4, -0.2) is 44.5 Å². The molecule has 9 heteroatoms. The summed E-state index contributed by atoms with van der Waals surface area (Å²) in [6.45, 7) is 0.853. The second-order valence-corrected chi connectivity index (χ2v) is 6.96. The number of carbonyl (C=O) groups is 2. The Kier molecular flexibility index (Phi) is 4.37. The fourth-order valence-electron chi connectivity index (χ4n) is 3.75. The van der Waals surface area contributed by atoms with Crippen molar-refractivity contribution in [3.05, 3.63) is 63.5 Å². The maximum absolute atomic E-state index is 13.1. The molecule has 0 bridgehead atoms. The summed E-state index contributed by atoms with van der Waals surface area (Å²) in [6, 6.07) is 5.81. The third kappa shape index (κ3) is 2.86. The largest absolute Gasteiger partial charge is 0.505 e. The van der Waals surface area contributed by atoms with Gasteiger partial charge in [0, 0.05) is 39.9 Å². The fourth-order valence-corrected chi connectivity index (χ4v) is 3.75. The molecule has 0 saturated carbocycles. The van der Waals surface area contributed by atoms with Crippen molar-refractivity contribution in [2.24, 2.45) is 7.05 Å². The van der Waals surface area contributed by atoms with E-state index in [0.29, 0.717) is 13.1 Å². The molecule has 3 heterocycles. The van der Waals surface area contributed by atoms with Gasteiger partial charge in [-0.2, -0.15) is 0 Å². The lowest BCUT2D eigenvalue weighted by atomic mass is 10.1. The van der Waals surface area contributed by atoms with E-state index in [-0.39, 0.29) is 34.5 Å². The highest BCUT2D eigenvalue weighted by molar-refractivity contribution is 6.11. The number of halogens is 1. The average Bonchev–Trinajstić information content (AvgIpc) is 3.01. The van der Waals surface area contributed by atoms with Crippen molar-refractivity contribution in [3.8, 4) is 5.75 Å². The number of aromatic hydroxyl groups is 1. The second kappa shape index (κ2) is 6.77. The fraction of sp³-hybridized carbons (Fsp3) is 0.250. The van der Waals surface area contributed by atoms with Crippen molar-refractivity contribution < 1.29 is 19.1 Å². The van der Waals surface area contributed by atoms with Crippen LogP contribution in [0.4, 0.5) is 4.39 Å². The maximum atomic E-state index is 13.1. The molecular formula is C20H19FN4O4. The number of nitrogens with one attached hydrogen (secondary N) is 1. The van der Waals surface area contributed by atoms with E-state index < -0.39 is 23.1 Å². The number of fused-ring (bicyclic) bond motifs is 3. The van der Waals surface area contributed by atoms with Crippen LogP contribution in [0.3, 0.4) is 0 Å². The number of benzene rings is 1. The van der Waals surface area contributed by atoms with Gasteiger partial charge in [-0.3, -0.25) is 14.4 Å². The Bertz CT molecular complexity index is 1210. The van der Waals surface area contributed by atoms with Gasteiger partial charge in [0.2, 0.25) is 0 Å². The van der Waals surface area contributed by atoms with Gasteiger partial charge in [-0.15, -0.1) is 0 Å². The van der Waals surface area contributed by atoms with E-state index in [9.17, 15) is 23.9 Å². The molecule has 1 aliphatic heterocycles. The molecule has 0 aliphatic carbocycles. The SMILES string of the molecule is CNC(=O)c1cn(C)c(=O)c2c(O)c3n(c12)CCN(Cc1ccc(F)cc1)C3=O. The minimum absolute atomic E-state index is 0.0261. The van der Waals surface area contributed by atoms with Gasteiger partial charge in [0.25, 0.3) is 17.4 Å². The van der Waals surface area contributed by atoms with E-state index in [1.54, 1.807) is 12.1 Å². The molecule has 1 aliphatic rings. The quantitative estimate of drug-likeness (QED) is 0.693. The number of aromatic nitrogens is 2. The van der Waals surface area contributed by atoms with Crippen molar-refractivity contribution in [1.82, 2.24) is 19.4 Å². The molecule has 0 fully saturated rings. The van der Waals surface area contributed by atoms with Crippen molar-refractivity contribution in [3.63, 3.8) is 0 Å². The zero-order chi connectivity index (χ0) is 20.9. The molecule has 2 amide bonds. The van der Waals surface area contributed by atoms with Crippen LogP contribution >= 0.6 is 0 Å². The lowest BCUT2D eigenvalue weighted by molar-refractivity contribution is 0.0688. The Hall–Kier alpha value is -3.62. The highest BCUT2D eigenvalue weighted by Gasteiger charge is 2.34. The first-order chi connectivity index (χ1) is 13.8. The molecule has 150 valence electrons. The number of carbonyl (C=O) groups excluding carboxylic acids is 2. The van der Waals surface area contributed by atoms with Gasteiger partial charge >= 0.3 is 0 Å². The first kappa shape index (κ1) is 18.7. The van der Waals surface area contributed by atoms with Crippen LogP contribution in [0.25, 0.3) is 10.9 Å². The second-order valence-electron chi connectivity index (χ2n) is 6.96. The van der Waals surface area contributed by atoms with Gasteiger partial charge in [0.05, 0.1) is 11.1 Å². The summed E-state index contributed by atoms with van der Waals surface area (Å²) >= 11 is 0. The van der Waals surface area contributed by atoms with Crippen molar-refractivity contribution in [1.29, 1.82) is 0 Å². The Morgan fingerprint density at radius 1 is 1.21 bits per heavy atom. The summed E-state index contributed by atoms with van der Waals surface area (Å²) in [5.74, 6) is -1.68. The molecule has 1 aromatic carbocycles. The molecule has 3 aromatic rings. The lowest BCUT2D eigenvalue weighted by Crippen LogP contribution is -2.39. The molecule has 2 aromatic heterocycles. The van der Waals surface area contributed by atoms with Crippen LogP contribution in [0.1, 0.15) is 26.4 Å². The zero-order valence-electron chi connectivity index (χ0n) is 15.9. The van der Waals surface area contributed by atoms with E-state index in [4.69, 9.17) is 0 Å². The number of nitrogens with zero attached hydrogens (tertiary/aromatic N) is 3. The first-order valence-electron chi connectivity index (χ1n) is 9.04. The molecule has 2 N–H and O–H groups in total. The molecule has 4 rings (SSSR count). The maximum Gasteiger partial charge on any atom is 0.274 e. The number of amides is 2. The minimum Gasteiger partial charge on any atom is -0.505 e. The van der Waals surface area contributed by atoms with Gasteiger partial charge in [0.15, 0.2) is 11.4 Å². The number of hydrogen-bond donors (Lipinski definition) is 2. The van der Waals surface area contributed by atoms with Crippen LogP contribution in [0.5, 0.6) is 5.75 Å². The summed E-state index contributed by atoms with van der Waals surface area (Å²) < 4.78 is 15.9. The number of rotatable bonds is 3. The van der Waals surface area contributed by atoms with Gasteiger partial charge in [0.1, 0.15) is 11.2 Å². The molecule has 0 saturated heterocycles. The van der Waals surface area contributed by atoms with Crippen LogP contribution in [0.15, 0.2) is 35.3 Å². The third-order valence-corrected chi connectivity index (χ3v) is 5.19. The number of hydrogen-bond acceptors (Lipinski definition) is 4. The van der Waals surface area contributed by atoms with Crippen LogP contribution < -0.4 is 10.9 Å². The van der Waals surface area contributed by atoms with E-state index in [1.165, 1.54) is 46.5 Å². The molecular weight excluding hydrogens is 379 g/mol. The Balaban J connectivity index is 1.85. The van der Waals surface area contributed by atoms with Gasteiger partial charge in [-0.1, -0.05) is 12.1 Å². The predicted molar refractivity (Wildman–Crippen MR) is 103 cm³/mol. The van der Waals surface area contributed by atoms with Crippen LogP contribution in [0, 0.1) is 5.82 Å². The van der Waals surface area contributed by atoms with Crippen molar-refractivity contribution >= 4 is 22.7 Å². The highest BCUT2D eigenvalue weighted by Crippen LogP contribution is 2.35. The summed E-state index contributed by atoms with van der Waals surface area (Å²) in [7, 11) is 2.95. The average molecular weight is 398 g/mol. The van der Waals surface area contributed by atoms with Gasteiger partial charge in [-0.25, -0.2) is 4.39 Å². The smallest absolute Gasteiger partial charge is 0.274 e. The van der Waals surface area contributed by atoms with E-state index in [1.807, 2.05) is 0 Å². The highest BCUT2D eigenvalue weighted by atomic mass is 19.1. The molecule has 0 unspecified atom stereocenters. The van der Waals surface area contributed by atoms with Gasteiger partial charge < -0.3 is 24.5 Å². The molecule has 8 nitrogen and oxygen atoms in total. The predicted octanol–water partition coefficient (Wildman–Crippen LogP) is 1.20. The van der Waals surface area contributed by atoms with E-state index in [2.05, 4.69) is 5.32 Å². The van der Waals surface area contributed by atoms with Crippen LogP contribution in [-0.2, 0) is 20.1 Å². The summed E-state index contributed by atoms with van der Waals surface area (Å²) in [5.41, 5.74) is 0.665. The summed E-state index contributed by atoms with van der Waals surface area (Å²) in [4.78, 5) is 39.6. The van der Waals surface area contributed by atoms with Crippen LogP contribution in [0.2, 0.25) is 0 Å². The normalized spacial score (nSPS) is 13.6. The van der Waals surface area contributed by atoms with Gasteiger partial charge in [-0.05, 0) is 17.7 Å². The minimum atomic E-state index is -0.495. The summed E-state index contributed by atoms with van der Waals surface area (Å²) in [5, 5.41) is 13.2. The number of aryl methyl sites for hydroxylation is 1. The topological polar surface area (TPSA) is 96.6 Å². The zero-order valence-corrected chi connectivity index (χ0v) is 15.9. The first-order valence-corrected chi connectivity index (χ1v) is 9.04. The number of pyridine rings is 1.